The van der Waals surface area contributed by atoms with E-state index in [0.717, 1.165) is 21.1 Å². The first-order chi connectivity index (χ1) is 10.1. The van der Waals surface area contributed by atoms with Crippen LogP contribution < -0.4 is 5.73 Å². The van der Waals surface area contributed by atoms with Crippen LogP contribution in [0.2, 0.25) is 10.0 Å². The smallest absolute Gasteiger partial charge is 0.149 e. The highest BCUT2D eigenvalue weighted by Gasteiger charge is 2.16. The van der Waals surface area contributed by atoms with Crippen molar-refractivity contribution in [2.24, 2.45) is 5.73 Å². The predicted octanol–water partition coefficient (Wildman–Crippen LogP) is 4.56. The summed E-state index contributed by atoms with van der Waals surface area (Å²) in [7, 11) is 0. The summed E-state index contributed by atoms with van der Waals surface area (Å²) < 4.78 is 0. The molecule has 2 aromatic carbocycles. The van der Waals surface area contributed by atoms with E-state index in [2.05, 4.69) is 10.2 Å². The fourth-order valence-corrected chi connectivity index (χ4v) is 3.40. The van der Waals surface area contributed by atoms with Gasteiger partial charge in [0.25, 0.3) is 0 Å². The summed E-state index contributed by atoms with van der Waals surface area (Å²) in [5, 5.41) is 11.0. The highest BCUT2D eigenvalue weighted by Crippen LogP contribution is 2.34. The lowest BCUT2D eigenvalue weighted by molar-refractivity contribution is 0.831. The molecule has 1 atom stereocenters. The van der Waals surface area contributed by atoms with Gasteiger partial charge in [0.2, 0.25) is 0 Å². The maximum Gasteiger partial charge on any atom is 0.149 e. The molecule has 0 radical (unpaired) electrons. The molecule has 0 aliphatic carbocycles. The number of halogens is 2. The summed E-state index contributed by atoms with van der Waals surface area (Å²) in [5.74, 6) is 0. The molecule has 6 heteroatoms. The van der Waals surface area contributed by atoms with Gasteiger partial charge in [-0.05, 0) is 23.8 Å². The largest absolute Gasteiger partial charge is 0.318 e. The van der Waals surface area contributed by atoms with Crippen molar-refractivity contribution in [1.82, 2.24) is 10.2 Å². The fourth-order valence-electron chi connectivity index (χ4n) is 1.93. The first-order valence-electron chi connectivity index (χ1n) is 6.24. The Morgan fingerprint density at radius 3 is 2.48 bits per heavy atom. The Balaban J connectivity index is 1.93. The van der Waals surface area contributed by atoms with Crippen LogP contribution >= 0.6 is 34.5 Å². The predicted molar refractivity (Wildman–Crippen MR) is 87.8 cm³/mol. The van der Waals surface area contributed by atoms with Crippen molar-refractivity contribution in [2.45, 2.75) is 6.04 Å². The van der Waals surface area contributed by atoms with Gasteiger partial charge in [-0.15, -0.1) is 10.2 Å². The molecule has 2 N–H and O–H groups in total. The van der Waals surface area contributed by atoms with Crippen LogP contribution in [0.4, 0.5) is 0 Å². The molecule has 0 aliphatic rings. The third kappa shape index (κ3) is 3.09. The first kappa shape index (κ1) is 14.5. The Morgan fingerprint density at radius 1 is 1.00 bits per heavy atom. The Morgan fingerprint density at radius 2 is 1.76 bits per heavy atom. The molecule has 0 spiro atoms. The minimum Gasteiger partial charge on any atom is -0.318 e. The molecular weight excluding hydrogens is 325 g/mol. The average molecular weight is 336 g/mol. The number of benzene rings is 2. The number of nitrogens with two attached hydrogens (primary N) is 1. The van der Waals surface area contributed by atoms with Crippen LogP contribution in [-0.2, 0) is 0 Å². The standard InChI is InChI=1S/C15H11Cl2N3S/c16-10-6-7-11(12(17)8-10)14-19-20-15(21-14)13(18)9-4-2-1-3-5-9/h1-8,13H,18H2. The molecule has 0 saturated heterocycles. The van der Waals surface area contributed by atoms with E-state index in [1.807, 2.05) is 36.4 Å². The van der Waals surface area contributed by atoms with E-state index in [0.29, 0.717) is 10.0 Å². The van der Waals surface area contributed by atoms with Crippen LogP contribution in [0.25, 0.3) is 10.6 Å². The summed E-state index contributed by atoms with van der Waals surface area (Å²) in [6, 6.07) is 14.8. The van der Waals surface area contributed by atoms with E-state index in [-0.39, 0.29) is 6.04 Å². The Hall–Kier alpha value is -1.46. The maximum atomic E-state index is 6.22. The van der Waals surface area contributed by atoms with E-state index >= 15 is 0 Å². The van der Waals surface area contributed by atoms with Crippen molar-refractivity contribution in [3.05, 3.63) is 69.1 Å². The molecule has 0 aliphatic heterocycles. The van der Waals surface area contributed by atoms with Crippen molar-refractivity contribution >= 4 is 34.5 Å². The topological polar surface area (TPSA) is 51.8 Å². The van der Waals surface area contributed by atoms with Crippen LogP contribution in [0.15, 0.2) is 48.5 Å². The third-order valence-electron chi connectivity index (χ3n) is 3.03. The van der Waals surface area contributed by atoms with Crippen LogP contribution in [0.3, 0.4) is 0 Å². The highest BCUT2D eigenvalue weighted by molar-refractivity contribution is 7.14. The van der Waals surface area contributed by atoms with Crippen LogP contribution in [0.1, 0.15) is 16.6 Å². The van der Waals surface area contributed by atoms with Gasteiger partial charge in [-0.3, -0.25) is 0 Å². The number of rotatable bonds is 3. The second kappa shape index (κ2) is 6.12. The van der Waals surface area contributed by atoms with Crippen LogP contribution in [-0.4, -0.2) is 10.2 Å². The zero-order chi connectivity index (χ0) is 14.8. The van der Waals surface area contributed by atoms with E-state index in [1.54, 1.807) is 12.1 Å². The highest BCUT2D eigenvalue weighted by atomic mass is 35.5. The minimum absolute atomic E-state index is 0.288. The first-order valence-corrected chi connectivity index (χ1v) is 7.82. The number of nitrogens with zero attached hydrogens (tertiary/aromatic N) is 2. The van der Waals surface area contributed by atoms with Crippen LogP contribution in [0.5, 0.6) is 0 Å². The van der Waals surface area contributed by atoms with Crippen molar-refractivity contribution < 1.29 is 0 Å². The van der Waals surface area contributed by atoms with Gasteiger partial charge >= 0.3 is 0 Å². The third-order valence-corrected chi connectivity index (χ3v) is 4.61. The molecule has 0 saturated carbocycles. The molecule has 106 valence electrons. The summed E-state index contributed by atoms with van der Waals surface area (Å²) in [4.78, 5) is 0. The van der Waals surface area contributed by atoms with Crippen LogP contribution in [0, 0.1) is 0 Å². The number of hydrogen-bond acceptors (Lipinski definition) is 4. The van der Waals surface area contributed by atoms with Gasteiger partial charge in [0.05, 0.1) is 11.1 Å². The minimum atomic E-state index is -0.288. The SMILES string of the molecule is NC(c1ccccc1)c1nnc(-c2ccc(Cl)cc2Cl)s1. The zero-order valence-electron chi connectivity index (χ0n) is 10.8. The van der Waals surface area contributed by atoms with Gasteiger partial charge in [0.15, 0.2) is 0 Å². The monoisotopic (exact) mass is 335 g/mol. The molecule has 3 aromatic rings. The summed E-state index contributed by atoms with van der Waals surface area (Å²) in [5.41, 5.74) is 8.04. The van der Waals surface area contributed by atoms with Gasteiger partial charge in [0.1, 0.15) is 10.0 Å². The summed E-state index contributed by atoms with van der Waals surface area (Å²) in [6.07, 6.45) is 0. The maximum absolute atomic E-state index is 6.22. The quantitative estimate of drug-likeness (QED) is 0.763. The zero-order valence-corrected chi connectivity index (χ0v) is 13.2. The fraction of sp³-hybridized carbons (Fsp3) is 0.0667. The summed E-state index contributed by atoms with van der Waals surface area (Å²) in [6.45, 7) is 0. The Labute approximate surface area is 136 Å². The molecule has 1 unspecified atom stereocenters. The lowest BCUT2D eigenvalue weighted by atomic mass is 10.1. The van der Waals surface area contributed by atoms with Gasteiger partial charge < -0.3 is 5.73 Å². The normalized spacial score (nSPS) is 12.3. The van der Waals surface area contributed by atoms with E-state index < -0.39 is 0 Å². The molecule has 21 heavy (non-hydrogen) atoms. The van der Waals surface area contributed by atoms with Gasteiger partial charge in [-0.2, -0.15) is 0 Å². The Kier molecular flexibility index (Phi) is 4.22. The van der Waals surface area contributed by atoms with Crippen molar-refractivity contribution in [3.63, 3.8) is 0 Å². The Bertz CT molecular complexity index is 759. The molecule has 3 rings (SSSR count). The molecule has 0 fully saturated rings. The molecule has 3 nitrogen and oxygen atoms in total. The molecule has 1 aromatic heterocycles. The lowest BCUT2D eigenvalue weighted by Gasteiger charge is -2.07. The average Bonchev–Trinajstić information content (AvgIpc) is 2.97. The molecule has 1 heterocycles. The van der Waals surface area contributed by atoms with E-state index in [4.69, 9.17) is 28.9 Å². The second-order valence-corrected chi connectivity index (χ2v) is 6.31. The van der Waals surface area contributed by atoms with Crippen molar-refractivity contribution in [2.75, 3.05) is 0 Å². The van der Waals surface area contributed by atoms with Gasteiger partial charge in [0, 0.05) is 10.6 Å². The summed E-state index contributed by atoms with van der Waals surface area (Å²) >= 11 is 13.5. The van der Waals surface area contributed by atoms with Crippen molar-refractivity contribution in [3.8, 4) is 10.6 Å². The van der Waals surface area contributed by atoms with Crippen molar-refractivity contribution in [1.29, 1.82) is 0 Å². The molecular formula is C15H11Cl2N3S. The second-order valence-electron chi connectivity index (χ2n) is 4.46. The number of hydrogen-bond donors (Lipinski definition) is 1. The van der Waals surface area contributed by atoms with E-state index in [1.165, 1.54) is 11.3 Å². The van der Waals surface area contributed by atoms with Gasteiger partial charge in [-0.25, -0.2) is 0 Å². The molecule has 0 amide bonds. The van der Waals surface area contributed by atoms with Gasteiger partial charge in [-0.1, -0.05) is 64.9 Å². The number of aromatic nitrogens is 2. The lowest BCUT2D eigenvalue weighted by Crippen LogP contribution is -2.11. The van der Waals surface area contributed by atoms with E-state index in [9.17, 15) is 0 Å². The molecule has 0 bridgehead atoms.